The van der Waals surface area contributed by atoms with E-state index in [4.69, 9.17) is 0 Å². The minimum atomic E-state index is -3.65. The molecule has 3 heterocycles. The van der Waals surface area contributed by atoms with E-state index in [1.165, 1.54) is 6.20 Å². The summed E-state index contributed by atoms with van der Waals surface area (Å²) in [6, 6.07) is 3.56. The molecule has 3 aromatic heterocycles. The monoisotopic (exact) mass is 390 g/mol. The summed E-state index contributed by atoms with van der Waals surface area (Å²) in [6.07, 6.45) is 4.99. The lowest BCUT2D eigenvalue weighted by Crippen LogP contribution is -2.29. The van der Waals surface area contributed by atoms with Crippen molar-refractivity contribution >= 4 is 15.8 Å². The van der Waals surface area contributed by atoms with E-state index in [1.807, 2.05) is 6.92 Å². The Kier molecular flexibility index (Phi) is 5.51. The van der Waals surface area contributed by atoms with Crippen LogP contribution in [0.25, 0.3) is 5.82 Å². The van der Waals surface area contributed by atoms with Gasteiger partial charge in [0.1, 0.15) is 17.5 Å². The number of aromatic nitrogens is 6. The molecular formula is C16H22N8O2S. The molecule has 144 valence electrons. The molecule has 3 aromatic rings. The van der Waals surface area contributed by atoms with E-state index < -0.39 is 10.0 Å². The smallest absolute Gasteiger partial charge is 0.259 e. The number of sulfonamides is 1. The van der Waals surface area contributed by atoms with Gasteiger partial charge in [-0.3, -0.25) is 0 Å². The maximum Gasteiger partial charge on any atom is 0.259 e. The number of hydrogen-bond acceptors (Lipinski definition) is 7. The van der Waals surface area contributed by atoms with Crippen LogP contribution in [0.2, 0.25) is 0 Å². The molecule has 0 bridgehead atoms. The third kappa shape index (κ3) is 4.49. The van der Waals surface area contributed by atoms with Gasteiger partial charge in [-0.2, -0.15) is 5.10 Å². The summed E-state index contributed by atoms with van der Waals surface area (Å²) in [4.78, 5) is 12.7. The second-order valence-electron chi connectivity index (χ2n) is 5.85. The fourth-order valence-corrected chi connectivity index (χ4v) is 3.58. The molecule has 0 aliphatic carbocycles. The molecule has 0 saturated heterocycles. The number of hydrogen-bond donors (Lipinski definition) is 2. The first-order valence-electron chi connectivity index (χ1n) is 8.52. The molecule has 10 nitrogen and oxygen atoms in total. The van der Waals surface area contributed by atoms with Crippen LogP contribution in [0.15, 0.2) is 35.7 Å². The fraction of sp³-hybridized carbons (Fsp3) is 0.375. The lowest BCUT2D eigenvalue weighted by atomic mass is 10.4. The minimum Gasteiger partial charge on any atom is -0.369 e. The van der Waals surface area contributed by atoms with Crippen molar-refractivity contribution in [1.82, 2.24) is 34.0 Å². The first-order valence-corrected chi connectivity index (χ1v) is 10.0. The summed E-state index contributed by atoms with van der Waals surface area (Å²) in [6.45, 7) is 6.72. The Bertz CT molecular complexity index is 1010. The van der Waals surface area contributed by atoms with Gasteiger partial charge in [-0.05, 0) is 26.8 Å². The van der Waals surface area contributed by atoms with Crippen molar-refractivity contribution in [3.05, 3.63) is 42.4 Å². The predicted octanol–water partition coefficient (Wildman–Crippen LogP) is 0.886. The summed E-state index contributed by atoms with van der Waals surface area (Å²) in [7, 11) is -3.65. The van der Waals surface area contributed by atoms with E-state index in [0.29, 0.717) is 36.4 Å². The van der Waals surface area contributed by atoms with Gasteiger partial charge in [0.05, 0.1) is 0 Å². The van der Waals surface area contributed by atoms with Crippen LogP contribution in [0.5, 0.6) is 0 Å². The largest absolute Gasteiger partial charge is 0.369 e. The van der Waals surface area contributed by atoms with Crippen molar-refractivity contribution in [2.24, 2.45) is 0 Å². The van der Waals surface area contributed by atoms with Crippen molar-refractivity contribution in [1.29, 1.82) is 0 Å². The maximum absolute atomic E-state index is 12.3. The van der Waals surface area contributed by atoms with Crippen molar-refractivity contribution in [3.63, 3.8) is 0 Å². The molecule has 0 atom stereocenters. The Balaban J connectivity index is 1.60. The highest BCUT2D eigenvalue weighted by atomic mass is 32.2. The van der Waals surface area contributed by atoms with Crippen molar-refractivity contribution in [3.8, 4) is 5.82 Å². The van der Waals surface area contributed by atoms with Crippen LogP contribution in [0.4, 0.5) is 5.82 Å². The van der Waals surface area contributed by atoms with Gasteiger partial charge in [0.25, 0.3) is 10.0 Å². The second kappa shape index (κ2) is 7.84. The third-order valence-corrected chi connectivity index (χ3v) is 5.19. The molecule has 3 rings (SSSR count). The van der Waals surface area contributed by atoms with Gasteiger partial charge in [0.15, 0.2) is 10.8 Å². The topological polar surface area (TPSA) is 120 Å². The molecule has 11 heteroatoms. The van der Waals surface area contributed by atoms with Gasteiger partial charge < -0.3 is 9.88 Å². The van der Waals surface area contributed by atoms with Crippen LogP contribution >= 0.6 is 0 Å². The molecule has 0 saturated carbocycles. The summed E-state index contributed by atoms with van der Waals surface area (Å²) >= 11 is 0. The summed E-state index contributed by atoms with van der Waals surface area (Å²) < 4.78 is 30.6. The molecule has 27 heavy (non-hydrogen) atoms. The Morgan fingerprint density at radius 1 is 1.15 bits per heavy atom. The minimum absolute atomic E-state index is 0.0284. The Morgan fingerprint density at radius 3 is 2.63 bits per heavy atom. The highest BCUT2D eigenvalue weighted by Crippen LogP contribution is 2.11. The zero-order valence-electron chi connectivity index (χ0n) is 15.4. The molecule has 0 aliphatic rings. The number of imidazole rings is 1. The second-order valence-corrected chi connectivity index (χ2v) is 7.56. The summed E-state index contributed by atoms with van der Waals surface area (Å²) in [5.41, 5.74) is 0. The van der Waals surface area contributed by atoms with E-state index in [0.717, 1.165) is 0 Å². The van der Waals surface area contributed by atoms with Gasteiger partial charge in [0, 0.05) is 44.3 Å². The first-order chi connectivity index (χ1) is 12.9. The number of nitrogens with zero attached hydrogens (tertiary/aromatic N) is 6. The number of nitrogens with one attached hydrogen (secondary N) is 2. The number of anilines is 1. The summed E-state index contributed by atoms with van der Waals surface area (Å²) in [5, 5.41) is 7.27. The average Bonchev–Trinajstić information content (AvgIpc) is 3.28. The van der Waals surface area contributed by atoms with Crippen molar-refractivity contribution in [2.45, 2.75) is 32.3 Å². The van der Waals surface area contributed by atoms with Crippen LogP contribution in [-0.2, 0) is 16.6 Å². The number of rotatable bonds is 8. The van der Waals surface area contributed by atoms with Crippen LogP contribution in [0.3, 0.4) is 0 Å². The van der Waals surface area contributed by atoms with E-state index in [-0.39, 0.29) is 11.6 Å². The van der Waals surface area contributed by atoms with Crippen LogP contribution in [0, 0.1) is 13.8 Å². The Hall–Kier alpha value is -2.79. The lowest BCUT2D eigenvalue weighted by molar-refractivity contribution is 0.579. The standard InChI is InChI=1S/C16H22N8O2S/c1-4-23-11-16(22-13(23)3)27(25,26)19-8-7-17-14-10-15(21-12(2)20-14)24-9-5-6-18-24/h5-6,9-11,19H,4,7-8H2,1-3H3,(H,17,20,21). The van der Waals surface area contributed by atoms with Gasteiger partial charge >= 0.3 is 0 Å². The van der Waals surface area contributed by atoms with Gasteiger partial charge in [0.2, 0.25) is 0 Å². The maximum atomic E-state index is 12.3. The fourth-order valence-electron chi connectivity index (χ4n) is 2.54. The highest BCUT2D eigenvalue weighted by Gasteiger charge is 2.18. The molecular weight excluding hydrogens is 368 g/mol. The van der Waals surface area contributed by atoms with E-state index >= 15 is 0 Å². The summed E-state index contributed by atoms with van der Waals surface area (Å²) in [5.74, 6) is 2.49. The SMILES string of the molecule is CCn1cc(S(=O)(=O)NCCNc2cc(-n3cccn3)nc(C)n2)nc1C. The quantitative estimate of drug-likeness (QED) is 0.548. The van der Waals surface area contributed by atoms with Gasteiger partial charge in [-0.1, -0.05) is 0 Å². The average molecular weight is 390 g/mol. The zero-order valence-corrected chi connectivity index (χ0v) is 16.2. The van der Waals surface area contributed by atoms with Crippen molar-refractivity contribution < 1.29 is 8.42 Å². The highest BCUT2D eigenvalue weighted by molar-refractivity contribution is 7.89. The van der Waals surface area contributed by atoms with E-state index in [9.17, 15) is 8.42 Å². The van der Waals surface area contributed by atoms with E-state index in [2.05, 4.69) is 30.1 Å². The molecule has 2 N–H and O–H groups in total. The number of aryl methyl sites for hydroxylation is 3. The van der Waals surface area contributed by atoms with Gasteiger partial charge in [-0.15, -0.1) is 0 Å². The van der Waals surface area contributed by atoms with Gasteiger partial charge in [-0.25, -0.2) is 32.8 Å². The Labute approximate surface area is 157 Å². The van der Waals surface area contributed by atoms with Crippen LogP contribution in [0.1, 0.15) is 18.6 Å². The van der Waals surface area contributed by atoms with Crippen LogP contribution in [-0.4, -0.2) is 50.8 Å². The molecule has 0 aromatic carbocycles. The normalized spacial score (nSPS) is 11.7. The lowest BCUT2D eigenvalue weighted by Gasteiger charge is -2.09. The third-order valence-electron chi connectivity index (χ3n) is 3.86. The molecule has 0 spiro atoms. The zero-order chi connectivity index (χ0) is 19.4. The van der Waals surface area contributed by atoms with Crippen LogP contribution < -0.4 is 10.0 Å². The van der Waals surface area contributed by atoms with E-state index in [1.54, 1.807) is 47.6 Å². The Morgan fingerprint density at radius 2 is 1.96 bits per heavy atom. The van der Waals surface area contributed by atoms with Crippen molar-refractivity contribution in [2.75, 3.05) is 18.4 Å². The molecule has 0 amide bonds. The molecule has 0 fully saturated rings. The molecule has 0 unspecified atom stereocenters. The molecule has 0 aliphatic heterocycles. The predicted molar refractivity (Wildman–Crippen MR) is 100 cm³/mol. The molecule has 0 radical (unpaired) electrons. The first kappa shape index (κ1) is 19.0.